The highest BCUT2D eigenvalue weighted by atomic mass is 32.1. The number of nitrogens with one attached hydrogen (secondary N) is 1. The van der Waals surface area contributed by atoms with E-state index in [1.165, 1.54) is 0 Å². The Morgan fingerprint density at radius 2 is 2.22 bits per heavy atom. The van der Waals surface area contributed by atoms with E-state index in [1.807, 2.05) is 41.8 Å². The number of anilines is 1. The van der Waals surface area contributed by atoms with E-state index in [2.05, 4.69) is 15.2 Å². The van der Waals surface area contributed by atoms with Crippen LogP contribution in [0.3, 0.4) is 0 Å². The molecule has 0 radical (unpaired) electrons. The van der Waals surface area contributed by atoms with Crippen LogP contribution >= 0.6 is 11.3 Å². The van der Waals surface area contributed by atoms with Crippen LogP contribution in [0, 0.1) is 0 Å². The first kappa shape index (κ1) is 17.8. The number of hydrogen-bond donors (Lipinski definition) is 1. The summed E-state index contributed by atoms with van der Waals surface area (Å²) in [6.07, 6.45) is 3.53. The maximum absolute atomic E-state index is 12.7. The number of methoxy groups -OCH3 is 1. The zero-order valence-corrected chi connectivity index (χ0v) is 15.9. The van der Waals surface area contributed by atoms with Crippen LogP contribution in [0.5, 0.6) is 5.75 Å². The van der Waals surface area contributed by atoms with E-state index < -0.39 is 0 Å². The van der Waals surface area contributed by atoms with E-state index in [0.29, 0.717) is 12.4 Å². The molecule has 140 valence electrons. The van der Waals surface area contributed by atoms with Gasteiger partial charge in [0.15, 0.2) is 0 Å². The number of carbonyl (C=O) groups excluding carboxylic acids is 1. The van der Waals surface area contributed by atoms with Crippen molar-refractivity contribution in [1.29, 1.82) is 0 Å². The molecule has 1 saturated heterocycles. The molecule has 4 rings (SSSR count). The predicted octanol–water partition coefficient (Wildman–Crippen LogP) is 4.01. The van der Waals surface area contributed by atoms with Crippen molar-refractivity contribution in [3.05, 3.63) is 53.7 Å². The summed E-state index contributed by atoms with van der Waals surface area (Å²) < 4.78 is 10.7. The summed E-state index contributed by atoms with van der Waals surface area (Å²) >= 11 is 1.60. The smallest absolute Gasteiger partial charge is 0.241 e. The molecule has 1 aromatic carbocycles. The molecule has 0 saturated carbocycles. The van der Waals surface area contributed by atoms with Crippen LogP contribution in [0.2, 0.25) is 0 Å². The number of oxazole rings is 1. The topological polar surface area (TPSA) is 67.6 Å². The molecule has 0 spiro atoms. The number of ether oxygens (including phenoxy) is 1. The zero-order valence-electron chi connectivity index (χ0n) is 15.1. The second-order valence-corrected chi connectivity index (χ2v) is 7.42. The fourth-order valence-electron chi connectivity index (χ4n) is 3.31. The van der Waals surface area contributed by atoms with Crippen LogP contribution in [-0.4, -0.2) is 35.5 Å². The standard InChI is InChI=1S/C20H21N3O3S/c1-25-16-8-6-14(7-9-16)21-19(24)17-4-2-10-23(17)12-15-13-26-20(22-15)18-5-3-11-27-18/h3,5-9,11,13,17H,2,4,10,12H2,1H3,(H,21,24)/t17-/m1/s1. The molecule has 2 aromatic heterocycles. The third kappa shape index (κ3) is 4.04. The number of amides is 1. The first-order valence-electron chi connectivity index (χ1n) is 8.90. The van der Waals surface area contributed by atoms with Gasteiger partial charge in [0.2, 0.25) is 11.8 Å². The van der Waals surface area contributed by atoms with Crippen LogP contribution in [0.25, 0.3) is 10.8 Å². The first-order valence-corrected chi connectivity index (χ1v) is 9.78. The quantitative estimate of drug-likeness (QED) is 0.696. The summed E-state index contributed by atoms with van der Waals surface area (Å²) in [6, 6.07) is 11.2. The van der Waals surface area contributed by atoms with Gasteiger partial charge in [-0.3, -0.25) is 9.69 Å². The Balaban J connectivity index is 1.40. The van der Waals surface area contributed by atoms with Gasteiger partial charge in [0, 0.05) is 12.2 Å². The highest BCUT2D eigenvalue weighted by Gasteiger charge is 2.31. The molecule has 0 unspecified atom stereocenters. The predicted molar refractivity (Wildman–Crippen MR) is 105 cm³/mol. The van der Waals surface area contributed by atoms with E-state index in [-0.39, 0.29) is 11.9 Å². The fraction of sp³-hybridized carbons (Fsp3) is 0.300. The molecule has 1 amide bonds. The lowest BCUT2D eigenvalue weighted by atomic mass is 10.2. The van der Waals surface area contributed by atoms with Gasteiger partial charge in [-0.15, -0.1) is 11.3 Å². The summed E-state index contributed by atoms with van der Waals surface area (Å²) in [5.74, 6) is 1.42. The monoisotopic (exact) mass is 383 g/mol. The summed E-state index contributed by atoms with van der Waals surface area (Å²) in [5, 5.41) is 5.00. The summed E-state index contributed by atoms with van der Waals surface area (Å²) in [7, 11) is 1.62. The largest absolute Gasteiger partial charge is 0.497 e. The molecule has 1 aliphatic heterocycles. The van der Waals surface area contributed by atoms with Crippen LogP contribution in [0.1, 0.15) is 18.5 Å². The highest BCUT2D eigenvalue weighted by molar-refractivity contribution is 7.13. The van der Waals surface area contributed by atoms with Crippen LogP contribution < -0.4 is 10.1 Å². The van der Waals surface area contributed by atoms with Crippen LogP contribution in [-0.2, 0) is 11.3 Å². The first-order chi connectivity index (χ1) is 13.2. The number of hydrogen-bond acceptors (Lipinski definition) is 6. The molecule has 0 aliphatic carbocycles. The molecule has 1 aliphatic rings. The molecule has 3 aromatic rings. The van der Waals surface area contributed by atoms with Crippen LogP contribution in [0.4, 0.5) is 5.69 Å². The molecular formula is C20H21N3O3S. The number of nitrogens with zero attached hydrogens (tertiary/aromatic N) is 2. The maximum atomic E-state index is 12.7. The molecule has 6 nitrogen and oxygen atoms in total. The van der Waals surface area contributed by atoms with Gasteiger partial charge in [-0.2, -0.15) is 0 Å². The van der Waals surface area contributed by atoms with Gasteiger partial charge in [0.05, 0.1) is 23.7 Å². The van der Waals surface area contributed by atoms with Crippen molar-refractivity contribution >= 4 is 22.9 Å². The molecule has 1 fully saturated rings. The molecule has 0 bridgehead atoms. The number of benzene rings is 1. The van der Waals surface area contributed by atoms with Gasteiger partial charge in [-0.1, -0.05) is 6.07 Å². The number of carbonyl (C=O) groups is 1. The van der Waals surface area contributed by atoms with E-state index in [0.717, 1.165) is 41.4 Å². The Morgan fingerprint density at radius 3 is 2.96 bits per heavy atom. The molecular weight excluding hydrogens is 362 g/mol. The number of aromatic nitrogens is 1. The van der Waals surface area contributed by atoms with Crippen molar-refractivity contribution in [3.8, 4) is 16.5 Å². The van der Waals surface area contributed by atoms with Gasteiger partial charge < -0.3 is 14.5 Å². The maximum Gasteiger partial charge on any atom is 0.241 e. The molecule has 1 atom stereocenters. The van der Waals surface area contributed by atoms with E-state index >= 15 is 0 Å². The minimum absolute atomic E-state index is 0.0136. The fourth-order valence-corrected chi connectivity index (χ4v) is 3.97. The van der Waals surface area contributed by atoms with Crippen LogP contribution in [0.15, 0.2) is 52.5 Å². The SMILES string of the molecule is COc1ccc(NC(=O)[C@H]2CCCN2Cc2coc(-c3cccs3)n2)cc1. The van der Waals surface area contributed by atoms with E-state index in [9.17, 15) is 4.79 Å². The van der Waals surface area contributed by atoms with Gasteiger partial charge in [0.1, 0.15) is 12.0 Å². The lowest BCUT2D eigenvalue weighted by Crippen LogP contribution is -2.39. The Hall–Kier alpha value is -2.64. The highest BCUT2D eigenvalue weighted by Crippen LogP contribution is 2.26. The number of rotatable bonds is 6. The Labute approximate surface area is 161 Å². The third-order valence-corrected chi connectivity index (χ3v) is 5.53. The van der Waals surface area contributed by atoms with Crippen molar-refractivity contribution in [1.82, 2.24) is 9.88 Å². The van der Waals surface area contributed by atoms with E-state index in [1.54, 1.807) is 24.7 Å². The van der Waals surface area contributed by atoms with E-state index in [4.69, 9.17) is 9.15 Å². The van der Waals surface area contributed by atoms with Crippen molar-refractivity contribution < 1.29 is 13.9 Å². The normalized spacial score (nSPS) is 17.1. The summed E-state index contributed by atoms with van der Waals surface area (Å²) in [4.78, 5) is 20.5. The lowest BCUT2D eigenvalue weighted by molar-refractivity contribution is -0.120. The molecule has 7 heteroatoms. The Morgan fingerprint density at radius 1 is 1.37 bits per heavy atom. The number of likely N-dealkylation sites (tertiary alicyclic amines) is 1. The van der Waals surface area contributed by atoms with Gasteiger partial charge in [-0.05, 0) is 55.1 Å². The van der Waals surface area contributed by atoms with Gasteiger partial charge >= 0.3 is 0 Å². The molecule has 3 heterocycles. The molecule has 1 N–H and O–H groups in total. The average molecular weight is 383 g/mol. The second-order valence-electron chi connectivity index (χ2n) is 6.47. The number of thiophene rings is 1. The Kier molecular flexibility index (Phi) is 5.22. The average Bonchev–Trinajstić information content (AvgIpc) is 3.44. The van der Waals surface area contributed by atoms with Crippen molar-refractivity contribution in [2.24, 2.45) is 0 Å². The van der Waals surface area contributed by atoms with Crippen molar-refractivity contribution in [3.63, 3.8) is 0 Å². The second kappa shape index (κ2) is 7.94. The Bertz CT molecular complexity index is 890. The van der Waals surface area contributed by atoms with Gasteiger partial charge in [0.25, 0.3) is 0 Å². The third-order valence-electron chi connectivity index (χ3n) is 4.67. The molecule has 27 heavy (non-hydrogen) atoms. The lowest BCUT2D eigenvalue weighted by Gasteiger charge is -2.22. The minimum Gasteiger partial charge on any atom is -0.497 e. The van der Waals surface area contributed by atoms with Crippen molar-refractivity contribution in [2.75, 3.05) is 19.0 Å². The minimum atomic E-state index is -0.158. The summed E-state index contributed by atoms with van der Waals surface area (Å²) in [6.45, 7) is 1.48. The zero-order chi connectivity index (χ0) is 18.6. The summed E-state index contributed by atoms with van der Waals surface area (Å²) in [5.41, 5.74) is 1.62. The van der Waals surface area contributed by atoms with Gasteiger partial charge in [-0.25, -0.2) is 4.98 Å². The van der Waals surface area contributed by atoms with Crippen molar-refractivity contribution in [2.45, 2.75) is 25.4 Å².